The van der Waals surface area contributed by atoms with Gasteiger partial charge in [-0.15, -0.1) is 0 Å². The first-order valence-electron chi connectivity index (χ1n) is 37.8. The fourth-order valence-electron chi connectivity index (χ4n) is 11.8. The van der Waals surface area contributed by atoms with Crippen LogP contribution < -0.4 is 10.2 Å². The minimum Gasteiger partial charge on any atom is -0.756 e. The molecule has 0 heterocycles. The average Bonchev–Trinajstić information content (AvgIpc) is 3.49. The van der Waals surface area contributed by atoms with Crippen LogP contribution in [0.25, 0.3) is 0 Å². The second-order valence-corrected chi connectivity index (χ2v) is 28.8. The van der Waals surface area contributed by atoms with E-state index in [-0.39, 0.29) is 19.1 Å². The first kappa shape index (κ1) is 83.7. The zero-order valence-electron chi connectivity index (χ0n) is 57.8. The van der Waals surface area contributed by atoms with Gasteiger partial charge in [-0.05, 0) is 51.4 Å². The van der Waals surface area contributed by atoms with Crippen molar-refractivity contribution in [1.82, 2.24) is 5.32 Å². The van der Waals surface area contributed by atoms with Gasteiger partial charge in [0.05, 0.1) is 39.9 Å². The van der Waals surface area contributed by atoms with E-state index >= 15 is 0 Å². The number of amides is 1. The summed E-state index contributed by atoms with van der Waals surface area (Å²) in [5.41, 5.74) is 0. The van der Waals surface area contributed by atoms with Crippen molar-refractivity contribution < 1.29 is 32.9 Å². The van der Waals surface area contributed by atoms with Crippen LogP contribution in [0.1, 0.15) is 393 Å². The number of hydrogen-bond donors (Lipinski definition) is 2. The summed E-state index contributed by atoms with van der Waals surface area (Å²) in [6.07, 6.45) is 89.6. The maximum Gasteiger partial charge on any atom is 0.268 e. The average molecular weight is 1220 g/mol. The number of carbonyl (C=O) groups is 1. The zero-order chi connectivity index (χ0) is 61.9. The van der Waals surface area contributed by atoms with Gasteiger partial charge in [0, 0.05) is 6.42 Å². The van der Waals surface area contributed by atoms with E-state index in [2.05, 4.69) is 55.6 Å². The Morgan fingerprint density at radius 1 is 0.412 bits per heavy atom. The lowest BCUT2D eigenvalue weighted by atomic mass is 10.0. The Kier molecular flexibility index (Phi) is 66.1. The van der Waals surface area contributed by atoms with Crippen molar-refractivity contribution >= 4 is 13.7 Å². The number of allylic oxidation sites excluding steroid dienone is 6. The number of nitrogens with zero attached hydrogens (tertiary/aromatic N) is 1. The predicted molar refractivity (Wildman–Crippen MR) is 372 cm³/mol. The van der Waals surface area contributed by atoms with Gasteiger partial charge in [-0.25, -0.2) is 0 Å². The molecule has 0 aromatic rings. The Bertz CT molecular complexity index is 1480. The number of rotatable bonds is 71. The van der Waals surface area contributed by atoms with Crippen LogP contribution in [0.5, 0.6) is 0 Å². The number of unbranched alkanes of at least 4 members (excludes halogenated alkanes) is 52. The standard InChI is InChI=1S/C76H149N2O6P/c1-6-8-10-12-14-16-18-20-22-24-26-28-30-32-34-36-38-39-40-42-44-46-48-50-52-54-56-58-60-62-64-66-68-70-76(80)77-74(73-84-85(81,82)83-72-71-78(3,4)5)75(79)69-67-65-63-61-59-57-55-53-51-49-47-45-43-41-37-35-33-31-29-27-25-23-21-19-17-15-13-11-9-7-2/h18,20,24,26,30,32,74-75,79H,6-17,19,21-23,25,27-29,31,33-73H2,1-5H3,(H-,77,80,81,82)/b20-18-,26-24-,32-30-. The highest BCUT2D eigenvalue weighted by Crippen LogP contribution is 2.38. The lowest BCUT2D eigenvalue weighted by Gasteiger charge is -2.30. The van der Waals surface area contributed by atoms with Crippen molar-refractivity contribution in [1.29, 1.82) is 0 Å². The number of hydrogen-bond acceptors (Lipinski definition) is 6. The molecule has 0 fully saturated rings. The third-order valence-corrected chi connectivity index (χ3v) is 18.6. The molecule has 2 N–H and O–H groups in total. The second-order valence-electron chi connectivity index (χ2n) is 27.4. The number of nitrogens with one attached hydrogen (secondary N) is 1. The van der Waals surface area contributed by atoms with E-state index < -0.39 is 20.0 Å². The lowest BCUT2D eigenvalue weighted by Crippen LogP contribution is -2.46. The molecular formula is C76H149N2O6P. The van der Waals surface area contributed by atoms with Crippen LogP contribution in [0.15, 0.2) is 36.5 Å². The Hall–Kier alpha value is -1.28. The van der Waals surface area contributed by atoms with E-state index in [1.807, 2.05) is 21.1 Å². The number of phosphoric acid groups is 1. The summed E-state index contributed by atoms with van der Waals surface area (Å²) in [5, 5.41) is 14.1. The Labute approximate surface area is 531 Å². The fraction of sp³-hybridized carbons (Fsp3) is 0.908. The summed E-state index contributed by atoms with van der Waals surface area (Å²) >= 11 is 0. The normalized spacial score (nSPS) is 13.7. The van der Waals surface area contributed by atoms with Gasteiger partial charge in [0.15, 0.2) is 0 Å². The third kappa shape index (κ3) is 70.0. The van der Waals surface area contributed by atoms with Gasteiger partial charge < -0.3 is 28.8 Å². The Morgan fingerprint density at radius 3 is 0.988 bits per heavy atom. The first-order valence-corrected chi connectivity index (χ1v) is 39.3. The summed E-state index contributed by atoms with van der Waals surface area (Å²) in [6.45, 7) is 4.77. The number of likely N-dealkylation sites (N-methyl/N-ethyl adjacent to an activating group) is 1. The number of quaternary nitrogens is 1. The van der Waals surface area contributed by atoms with Crippen LogP contribution in [0, 0.1) is 0 Å². The number of phosphoric ester groups is 1. The molecule has 0 aliphatic rings. The highest BCUT2D eigenvalue weighted by Gasteiger charge is 2.24. The molecule has 0 bridgehead atoms. The molecule has 0 aromatic carbocycles. The maximum absolute atomic E-state index is 13.1. The van der Waals surface area contributed by atoms with Crippen LogP contribution in [-0.2, 0) is 18.4 Å². The molecular weight excluding hydrogens is 1070 g/mol. The maximum atomic E-state index is 13.1. The van der Waals surface area contributed by atoms with Crippen molar-refractivity contribution in [2.24, 2.45) is 0 Å². The van der Waals surface area contributed by atoms with Gasteiger partial charge in [-0.1, -0.05) is 371 Å². The van der Waals surface area contributed by atoms with Crippen molar-refractivity contribution in [3.05, 3.63) is 36.5 Å². The van der Waals surface area contributed by atoms with Crippen LogP contribution >= 0.6 is 7.82 Å². The molecule has 0 saturated carbocycles. The van der Waals surface area contributed by atoms with E-state index in [1.54, 1.807) is 0 Å². The minimum atomic E-state index is -4.58. The molecule has 3 unspecified atom stereocenters. The van der Waals surface area contributed by atoms with Gasteiger partial charge in [0.25, 0.3) is 7.82 Å². The van der Waals surface area contributed by atoms with Crippen molar-refractivity contribution in [2.45, 2.75) is 405 Å². The molecule has 0 spiro atoms. The molecule has 0 saturated heterocycles. The van der Waals surface area contributed by atoms with Crippen molar-refractivity contribution in [3.8, 4) is 0 Å². The third-order valence-electron chi connectivity index (χ3n) is 17.6. The molecule has 0 aromatic heterocycles. The lowest BCUT2D eigenvalue weighted by molar-refractivity contribution is -0.870. The molecule has 1 amide bonds. The fourth-order valence-corrected chi connectivity index (χ4v) is 12.5. The Morgan fingerprint density at radius 2 is 0.682 bits per heavy atom. The minimum absolute atomic E-state index is 0.0142. The molecule has 0 aliphatic heterocycles. The number of carbonyl (C=O) groups excluding carboxylic acids is 1. The first-order chi connectivity index (χ1) is 41.5. The quantitative estimate of drug-likeness (QED) is 0.0272. The highest BCUT2D eigenvalue weighted by molar-refractivity contribution is 7.45. The predicted octanol–water partition coefficient (Wildman–Crippen LogP) is 23.8. The Balaban J connectivity index is 3.97. The van der Waals surface area contributed by atoms with E-state index in [4.69, 9.17) is 9.05 Å². The molecule has 504 valence electrons. The van der Waals surface area contributed by atoms with Crippen LogP contribution in [0.2, 0.25) is 0 Å². The number of aliphatic hydroxyl groups is 1. The van der Waals surface area contributed by atoms with Gasteiger partial charge in [-0.2, -0.15) is 0 Å². The van der Waals surface area contributed by atoms with Crippen LogP contribution in [0.3, 0.4) is 0 Å². The summed E-state index contributed by atoms with van der Waals surface area (Å²) in [7, 11) is 1.32. The number of aliphatic hydroxyl groups excluding tert-OH is 1. The molecule has 85 heavy (non-hydrogen) atoms. The summed E-state index contributed by atoms with van der Waals surface area (Å²) < 4.78 is 23.6. The van der Waals surface area contributed by atoms with E-state index in [9.17, 15) is 19.4 Å². The van der Waals surface area contributed by atoms with Gasteiger partial charge in [0.2, 0.25) is 5.91 Å². The molecule has 0 radical (unpaired) electrons. The van der Waals surface area contributed by atoms with Crippen LogP contribution in [-0.4, -0.2) is 68.5 Å². The summed E-state index contributed by atoms with van der Waals surface area (Å²) in [6, 6.07) is -0.802. The molecule has 0 rings (SSSR count). The highest BCUT2D eigenvalue weighted by atomic mass is 31.2. The smallest absolute Gasteiger partial charge is 0.268 e. The zero-order valence-corrected chi connectivity index (χ0v) is 58.7. The summed E-state index contributed by atoms with van der Waals surface area (Å²) in [5.74, 6) is -0.157. The SMILES string of the molecule is CCCCCCC/C=C\C/C=C\C/C=C\CCCCCCCCCCCCCCCCCCCCC(=O)NC(COP(=O)([O-])OCC[N+](C)(C)C)C(O)CCCCCCCCCCCCCCCCCCCCCCCCCCCCCCCC. The van der Waals surface area contributed by atoms with Crippen molar-refractivity contribution in [2.75, 3.05) is 40.9 Å². The van der Waals surface area contributed by atoms with Gasteiger partial charge >= 0.3 is 0 Å². The topological polar surface area (TPSA) is 108 Å². The molecule has 8 nitrogen and oxygen atoms in total. The van der Waals surface area contributed by atoms with Gasteiger partial charge in [0.1, 0.15) is 13.2 Å². The molecule has 9 heteroatoms. The van der Waals surface area contributed by atoms with E-state index in [1.165, 1.54) is 315 Å². The van der Waals surface area contributed by atoms with Crippen molar-refractivity contribution in [3.63, 3.8) is 0 Å². The van der Waals surface area contributed by atoms with E-state index in [0.29, 0.717) is 23.9 Å². The monoisotopic (exact) mass is 1220 g/mol. The second kappa shape index (κ2) is 67.1. The van der Waals surface area contributed by atoms with Gasteiger partial charge in [-0.3, -0.25) is 9.36 Å². The van der Waals surface area contributed by atoms with E-state index in [0.717, 1.165) is 51.4 Å². The largest absolute Gasteiger partial charge is 0.756 e. The molecule has 3 atom stereocenters. The summed E-state index contributed by atoms with van der Waals surface area (Å²) in [4.78, 5) is 25.7. The van der Waals surface area contributed by atoms with Crippen LogP contribution in [0.4, 0.5) is 0 Å². The molecule has 0 aliphatic carbocycles.